The van der Waals surface area contributed by atoms with E-state index in [1.807, 2.05) is 31.7 Å². The van der Waals surface area contributed by atoms with Crippen LogP contribution < -0.4 is 5.32 Å². The number of carbonyl (C=O) groups is 3. The number of hydrogen-bond donors (Lipinski definition) is 1. The molecule has 0 spiro atoms. The molecule has 6 heteroatoms. The first kappa shape index (κ1) is 19.0. The summed E-state index contributed by atoms with van der Waals surface area (Å²) < 4.78 is 0. The Morgan fingerprint density at radius 1 is 0.920 bits per heavy atom. The molecule has 2 rings (SSSR count). The number of carbonyl (C=O) groups excluding carboxylic acids is 3. The van der Waals surface area contributed by atoms with Gasteiger partial charge in [0, 0.05) is 38.2 Å². The van der Waals surface area contributed by atoms with E-state index in [1.165, 1.54) is 0 Å². The maximum atomic E-state index is 12.2. The normalized spacial score (nSPS) is 15.0. The Balaban J connectivity index is 1.76. The lowest BCUT2D eigenvalue weighted by atomic mass is 9.91. The van der Waals surface area contributed by atoms with Crippen molar-refractivity contribution < 1.29 is 14.4 Å². The lowest BCUT2D eigenvalue weighted by molar-refractivity contribution is -0.140. The highest BCUT2D eigenvalue weighted by molar-refractivity contribution is 5.96. The minimum Gasteiger partial charge on any atom is -0.343 e. The quantitative estimate of drug-likeness (QED) is 0.900. The molecular formula is C19H27N3O3. The molecule has 0 radical (unpaired) electrons. The molecular weight excluding hydrogens is 318 g/mol. The van der Waals surface area contributed by atoms with E-state index in [2.05, 4.69) is 5.32 Å². The lowest BCUT2D eigenvalue weighted by Crippen LogP contribution is -2.53. The van der Waals surface area contributed by atoms with Crippen molar-refractivity contribution in [3.05, 3.63) is 35.9 Å². The Morgan fingerprint density at radius 3 is 1.96 bits per heavy atom. The molecule has 136 valence electrons. The van der Waals surface area contributed by atoms with Gasteiger partial charge in [0.2, 0.25) is 11.8 Å². The summed E-state index contributed by atoms with van der Waals surface area (Å²) in [6.07, 6.45) is 0.508. The van der Waals surface area contributed by atoms with E-state index >= 15 is 0 Å². The van der Waals surface area contributed by atoms with Gasteiger partial charge < -0.3 is 15.1 Å². The smallest absolute Gasteiger partial charge is 0.251 e. The fourth-order valence-electron chi connectivity index (χ4n) is 2.73. The van der Waals surface area contributed by atoms with Crippen LogP contribution in [0.3, 0.4) is 0 Å². The summed E-state index contributed by atoms with van der Waals surface area (Å²) in [5, 5.41) is 2.65. The van der Waals surface area contributed by atoms with E-state index in [-0.39, 0.29) is 29.7 Å². The molecule has 1 heterocycles. The predicted octanol–water partition coefficient (Wildman–Crippen LogP) is 1.52. The highest BCUT2D eigenvalue weighted by Crippen LogP contribution is 2.20. The molecule has 0 unspecified atom stereocenters. The van der Waals surface area contributed by atoms with Crippen LogP contribution in [0.2, 0.25) is 0 Å². The minimum atomic E-state index is -0.257. The number of nitrogens with one attached hydrogen (secondary N) is 1. The first-order chi connectivity index (χ1) is 11.8. The number of piperazine rings is 1. The summed E-state index contributed by atoms with van der Waals surface area (Å²) in [7, 11) is 0. The van der Waals surface area contributed by atoms with Gasteiger partial charge in [0.05, 0.1) is 6.54 Å². The van der Waals surface area contributed by atoms with Crippen molar-refractivity contribution in [1.82, 2.24) is 15.1 Å². The van der Waals surface area contributed by atoms with Gasteiger partial charge in [0.1, 0.15) is 0 Å². The Morgan fingerprint density at radius 2 is 1.44 bits per heavy atom. The first-order valence-electron chi connectivity index (χ1n) is 8.65. The van der Waals surface area contributed by atoms with Crippen LogP contribution in [0.25, 0.3) is 0 Å². The molecule has 1 aliphatic heterocycles. The third-order valence-corrected chi connectivity index (χ3v) is 4.10. The van der Waals surface area contributed by atoms with Gasteiger partial charge in [0.15, 0.2) is 0 Å². The molecule has 1 aromatic rings. The summed E-state index contributed by atoms with van der Waals surface area (Å²) in [6, 6.07) is 8.82. The number of amides is 3. The molecule has 25 heavy (non-hydrogen) atoms. The molecule has 0 saturated carbocycles. The molecule has 0 aromatic heterocycles. The molecule has 0 bridgehead atoms. The predicted molar refractivity (Wildman–Crippen MR) is 96.0 cm³/mol. The maximum Gasteiger partial charge on any atom is 0.251 e. The van der Waals surface area contributed by atoms with Crippen LogP contribution in [0.15, 0.2) is 30.3 Å². The van der Waals surface area contributed by atoms with Crippen LogP contribution in [0, 0.1) is 5.41 Å². The van der Waals surface area contributed by atoms with Gasteiger partial charge in [-0.2, -0.15) is 0 Å². The van der Waals surface area contributed by atoms with E-state index in [4.69, 9.17) is 0 Å². The second-order valence-corrected chi connectivity index (χ2v) is 7.55. The fraction of sp³-hybridized carbons (Fsp3) is 0.526. The van der Waals surface area contributed by atoms with Gasteiger partial charge in [-0.05, 0) is 17.5 Å². The van der Waals surface area contributed by atoms with Gasteiger partial charge in [-0.15, -0.1) is 0 Å². The van der Waals surface area contributed by atoms with Gasteiger partial charge in [-0.1, -0.05) is 39.0 Å². The first-order valence-corrected chi connectivity index (χ1v) is 8.65. The molecule has 0 atom stereocenters. The van der Waals surface area contributed by atoms with E-state index < -0.39 is 0 Å². The van der Waals surface area contributed by atoms with Crippen molar-refractivity contribution in [3.8, 4) is 0 Å². The van der Waals surface area contributed by atoms with Crippen LogP contribution in [-0.2, 0) is 9.59 Å². The summed E-state index contributed by atoms with van der Waals surface area (Å²) in [6.45, 7) is 8.22. The molecule has 3 amide bonds. The van der Waals surface area contributed by atoms with Crippen molar-refractivity contribution in [1.29, 1.82) is 0 Å². The number of benzene rings is 1. The molecule has 6 nitrogen and oxygen atoms in total. The third kappa shape index (κ3) is 5.89. The second-order valence-electron chi connectivity index (χ2n) is 7.55. The molecule has 1 saturated heterocycles. The Bertz CT molecular complexity index is 615. The van der Waals surface area contributed by atoms with Crippen molar-refractivity contribution >= 4 is 17.7 Å². The van der Waals surface area contributed by atoms with Crippen LogP contribution in [0.5, 0.6) is 0 Å². The number of hydrogen-bond acceptors (Lipinski definition) is 3. The Kier molecular flexibility index (Phi) is 6.17. The Labute approximate surface area is 149 Å². The average molecular weight is 345 g/mol. The van der Waals surface area contributed by atoms with Crippen LogP contribution in [0.4, 0.5) is 0 Å². The van der Waals surface area contributed by atoms with Gasteiger partial charge >= 0.3 is 0 Å². The van der Waals surface area contributed by atoms with Crippen molar-refractivity contribution in [2.24, 2.45) is 5.41 Å². The summed E-state index contributed by atoms with van der Waals surface area (Å²) in [4.78, 5) is 40.0. The van der Waals surface area contributed by atoms with E-state index in [0.717, 1.165) is 0 Å². The monoisotopic (exact) mass is 345 g/mol. The highest BCUT2D eigenvalue weighted by atomic mass is 16.2. The zero-order chi connectivity index (χ0) is 18.4. The Hall–Kier alpha value is -2.37. The SMILES string of the molecule is CC(C)(C)CC(=O)N1CCN(C(=O)CNC(=O)c2ccccc2)CC1. The topological polar surface area (TPSA) is 69.7 Å². The molecule has 0 aliphatic carbocycles. The minimum absolute atomic E-state index is 0.0241. The zero-order valence-corrected chi connectivity index (χ0v) is 15.2. The van der Waals surface area contributed by atoms with Crippen LogP contribution in [0.1, 0.15) is 37.6 Å². The summed E-state index contributed by atoms with van der Waals surface area (Å²) in [5.41, 5.74) is 0.499. The summed E-state index contributed by atoms with van der Waals surface area (Å²) >= 11 is 0. The van der Waals surface area contributed by atoms with Crippen molar-refractivity contribution in [2.75, 3.05) is 32.7 Å². The van der Waals surface area contributed by atoms with Crippen molar-refractivity contribution in [2.45, 2.75) is 27.2 Å². The average Bonchev–Trinajstić information content (AvgIpc) is 2.58. The highest BCUT2D eigenvalue weighted by Gasteiger charge is 2.26. The fourth-order valence-corrected chi connectivity index (χ4v) is 2.73. The second kappa shape index (κ2) is 8.14. The third-order valence-electron chi connectivity index (χ3n) is 4.10. The van der Waals surface area contributed by atoms with Crippen LogP contribution in [-0.4, -0.2) is 60.2 Å². The van der Waals surface area contributed by atoms with Crippen molar-refractivity contribution in [3.63, 3.8) is 0 Å². The van der Waals surface area contributed by atoms with Gasteiger partial charge in [-0.3, -0.25) is 14.4 Å². The van der Waals surface area contributed by atoms with E-state index in [0.29, 0.717) is 38.2 Å². The standard InChI is InChI=1S/C19H27N3O3/c1-19(2,3)13-16(23)21-9-11-22(12-10-21)17(24)14-20-18(25)15-7-5-4-6-8-15/h4-8H,9-14H2,1-3H3,(H,20,25). The van der Waals surface area contributed by atoms with Crippen LogP contribution >= 0.6 is 0 Å². The molecule has 1 aromatic carbocycles. The zero-order valence-electron chi connectivity index (χ0n) is 15.2. The molecule has 1 fully saturated rings. The van der Waals surface area contributed by atoms with E-state index in [9.17, 15) is 14.4 Å². The van der Waals surface area contributed by atoms with E-state index in [1.54, 1.807) is 29.2 Å². The maximum absolute atomic E-state index is 12.2. The number of rotatable bonds is 4. The molecule has 1 N–H and O–H groups in total. The van der Waals surface area contributed by atoms with Gasteiger partial charge in [-0.25, -0.2) is 0 Å². The largest absolute Gasteiger partial charge is 0.343 e. The molecule has 1 aliphatic rings. The lowest BCUT2D eigenvalue weighted by Gasteiger charge is -2.36. The number of nitrogens with zero attached hydrogens (tertiary/aromatic N) is 2. The summed E-state index contributed by atoms with van der Waals surface area (Å²) in [5.74, 6) is -0.239. The van der Waals surface area contributed by atoms with Gasteiger partial charge in [0.25, 0.3) is 5.91 Å².